The van der Waals surface area contributed by atoms with E-state index in [1.807, 2.05) is 50.2 Å². The molecule has 5 nitrogen and oxygen atoms in total. The van der Waals surface area contributed by atoms with Gasteiger partial charge < -0.3 is 15.4 Å². The van der Waals surface area contributed by atoms with Gasteiger partial charge in [0, 0.05) is 6.04 Å². The second-order valence-electron chi connectivity index (χ2n) is 6.79. The number of anilines is 1. The van der Waals surface area contributed by atoms with Crippen LogP contribution in [0.2, 0.25) is 0 Å². The van der Waals surface area contributed by atoms with Crippen molar-refractivity contribution in [1.29, 1.82) is 0 Å². The third kappa shape index (κ3) is 4.63. The van der Waals surface area contributed by atoms with Gasteiger partial charge in [-0.2, -0.15) is 0 Å². The molecule has 2 N–H and O–H groups in total. The Morgan fingerprint density at radius 1 is 1.23 bits per heavy atom. The standard InChI is InChI=1S/C21H24N2O3/c1-14-8-11-18-17(12-14)23-21(25)19(26-18)13-20(24)22-15(2)9-10-16-6-4-3-5-7-16/h3-8,11-12,15,19H,9-10,13H2,1-2H3,(H,22,24)(H,23,25). The van der Waals surface area contributed by atoms with Gasteiger partial charge in [0.05, 0.1) is 12.1 Å². The molecule has 136 valence electrons. The maximum absolute atomic E-state index is 12.3. The highest BCUT2D eigenvalue weighted by Gasteiger charge is 2.30. The minimum atomic E-state index is -0.800. The lowest BCUT2D eigenvalue weighted by molar-refractivity contribution is -0.130. The van der Waals surface area contributed by atoms with Crippen molar-refractivity contribution < 1.29 is 14.3 Å². The molecule has 2 amide bonds. The Hall–Kier alpha value is -2.82. The third-order valence-electron chi connectivity index (χ3n) is 4.44. The summed E-state index contributed by atoms with van der Waals surface area (Å²) in [6.07, 6.45) is 0.950. The molecule has 2 aromatic rings. The Balaban J connectivity index is 1.50. The van der Waals surface area contributed by atoms with Crippen LogP contribution in [0.25, 0.3) is 0 Å². The Labute approximate surface area is 153 Å². The zero-order valence-electron chi connectivity index (χ0n) is 15.1. The molecular weight excluding hydrogens is 328 g/mol. The van der Waals surface area contributed by atoms with E-state index in [1.165, 1.54) is 5.56 Å². The summed E-state index contributed by atoms with van der Waals surface area (Å²) in [5.41, 5.74) is 2.94. The topological polar surface area (TPSA) is 67.4 Å². The number of carbonyl (C=O) groups is 2. The van der Waals surface area contributed by atoms with Gasteiger partial charge >= 0.3 is 0 Å². The summed E-state index contributed by atoms with van der Waals surface area (Å²) >= 11 is 0. The number of amides is 2. The van der Waals surface area contributed by atoms with E-state index in [1.54, 1.807) is 0 Å². The molecule has 2 atom stereocenters. The van der Waals surface area contributed by atoms with E-state index >= 15 is 0 Å². The monoisotopic (exact) mass is 352 g/mol. The minimum Gasteiger partial charge on any atom is -0.478 e. The van der Waals surface area contributed by atoms with Crippen molar-refractivity contribution in [2.24, 2.45) is 0 Å². The zero-order valence-corrected chi connectivity index (χ0v) is 15.1. The number of carbonyl (C=O) groups excluding carboxylic acids is 2. The van der Waals surface area contributed by atoms with Crippen LogP contribution in [-0.4, -0.2) is 24.0 Å². The largest absolute Gasteiger partial charge is 0.478 e. The smallest absolute Gasteiger partial charge is 0.266 e. The summed E-state index contributed by atoms with van der Waals surface area (Å²) in [5, 5.41) is 5.76. The average Bonchev–Trinajstić information content (AvgIpc) is 2.61. The highest BCUT2D eigenvalue weighted by atomic mass is 16.5. The summed E-state index contributed by atoms with van der Waals surface area (Å²) in [7, 11) is 0. The predicted molar refractivity (Wildman–Crippen MR) is 101 cm³/mol. The molecule has 1 aliphatic heterocycles. The molecule has 1 aliphatic rings. The first kappa shape index (κ1) is 18.0. The Morgan fingerprint density at radius 2 is 2.00 bits per heavy atom. The summed E-state index contributed by atoms with van der Waals surface area (Å²) < 4.78 is 5.71. The summed E-state index contributed by atoms with van der Waals surface area (Å²) in [5.74, 6) is 0.140. The molecule has 0 aromatic heterocycles. The first-order chi connectivity index (χ1) is 12.5. The molecule has 26 heavy (non-hydrogen) atoms. The number of fused-ring (bicyclic) bond motifs is 1. The second-order valence-corrected chi connectivity index (χ2v) is 6.79. The number of nitrogens with one attached hydrogen (secondary N) is 2. The highest BCUT2D eigenvalue weighted by molar-refractivity contribution is 6.00. The van der Waals surface area contributed by atoms with Crippen LogP contribution in [0, 0.1) is 6.92 Å². The van der Waals surface area contributed by atoms with Crippen LogP contribution in [0.4, 0.5) is 5.69 Å². The zero-order chi connectivity index (χ0) is 18.5. The number of ether oxygens (including phenoxy) is 1. The second kappa shape index (κ2) is 8.04. The van der Waals surface area contributed by atoms with E-state index < -0.39 is 6.10 Å². The molecule has 1 heterocycles. The molecule has 0 aliphatic carbocycles. The van der Waals surface area contributed by atoms with Crippen LogP contribution in [0.15, 0.2) is 48.5 Å². The lowest BCUT2D eigenvalue weighted by Crippen LogP contribution is -2.42. The van der Waals surface area contributed by atoms with Gasteiger partial charge in [-0.15, -0.1) is 0 Å². The molecule has 2 unspecified atom stereocenters. The van der Waals surface area contributed by atoms with Crippen LogP contribution in [-0.2, 0) is 16.0 Å². The van der Waals surface area contributed by atoms with Gasteiger partial charge in [0.15, 0.2) is 6.10 Å². The first-order valence-electron chi connectivity index (χ1n) is 8.93. The van der Waals surface area contributed by atoms with Gasteiger partial charge in [-0.05, 0) is 49.9 Å². The van der Waals surface area contributed by atoms with E-state index in [0.29, 0.717) is 11.4 Å². The van der Waals surface area contributed by atoms with Crippen molar-refractivity contribution >= 4 is 17.5 Å². The van der Waals surface area contributed by atoms with Gasteiger partial charge in [-0.3, -0.25) is 9.59 Å². The van der Waals surface area contributed by atoms with Crippen LogP contribution in [0.1, 0.15) is 30.9 Å². The van der Waals surface area contributed by atoms with Crippen molar-refractivity contribution in [3.8, 4) is 5.75 Å². The SMILES string of the molecule is Cc1ccc2c(c1)NC(=O)C(CC(=O)NC(C)CCc1ccccc1)O2. The van der Waals surface area contributed by atoms with Gasteiger partial charge in [0.25, 0.3) is 5.91 Å². The maximum Gasteiger partial charge on any atom is 0.266 e. The Morgan fingerprint density at radius 3 is 2.77 bits per heavy atom. The van der Waals surface area contributed by atoms with Gasteiger partial charge in [0.1, 0.15) is 5.75 Å². The van der Waals surface area contributed by atoms with Crippen LogP contribution >= 0.6 is 0 Å². The number of benzene rings is 2. The number of hydrogen-bond donors (Lipinski definition) is 2. The fourth-order valence-corrected chi connectivity index (χ4v) is 3.00. The van der Waals surface area contributed by atoms with Crippen LogP contribution in [0.3, 0.4) is 0 Å². The lowest BCUT2D eigenvalue weighted by atomic mass is 10.1. The molecule has 0 saturated carbocycles. The van der Waals surface area contributed by atoms with E-state index in [9.17, 15) is 9.59 Å². The molecule has 0 bridgehead atoms. The predicted octanol–water partition coefficient (Wildman–Crippen LogP) is 3.22. The molecule has 3 rings (SSSR count). The quantitative estimate of drug-likeness (QED) is 0.839. The third-order valence-corrected chi connectivity index (χ3v) is 4.44. The molecule has 2 aromatic carbocycles. The number of rotatable bonds is 6. The minimum absolute atomic E-state index is 0.00876. The fraction of sp³-hybridized carbons (Fsp3) is 0.333. The van der Waals surface area contributed by atoms with Gasteiger partial charge in [-0.25, -0.2) is 0 Å². The van der Waals surface area contributed by atoms with E-state index in [2.05, 4.69) is 22.8 Å². The Bertz CT molecular complexity index is 789. The normalized spacial score (nSPS) is 16.8. The van der Waals surface area contributed by atoms with Crippen molar-refractivity contribution in [3.05, 3.63) is 59.7 Å². The summed E-state index contributed by atoms with van der Waals surface area (Å²) in [4.78, 5) is 24.5. The van der Waals surface area contributed by atoms with Crippen LogP contribution < -0.4 is 15.4 Å². The Kier molecular flexibility index (Phi) is 5.56. The van der Waals surface area contributed by atoms with Crippen LogP contribution in [0.5, 0.6) is 5.75 Å². The van der Waals surface area contributed by atoms with Crippen molar-refractivity contribution in [2.75, 3.05) is 5.32 Å². The fourth-order valence-electron chi connectivity index (χ4n) is 3.00. The van der Waals surface area contributed by atoms with Crippen molar-refractivity contribution in [3.63, 3.8) is 0 Å². The summed E-state index contributed by atoms with van der Waals surface area (Å²) in [6, 6.07) is 15.8. The molecule has 0 radical (unpaired) electrons. The van der Waals surface area contributed by atoms with E-state index in [-0.39, 0.29) is 24.3 Å². The molecule has 5 heteroatoms. The molecule has 0 spiro atoms. The lowest BCUT2D eigenvalue weighted by Gasteiger charge is -2.26. The van der Waals surface area contributed by atoms with Crippen molar-refractivity contribution in [2.45, 2.75) is 45.3 Å². The van der Waals surface area contributed by atoms with E-state index in [4.69, 9.17) is 4.74 Å². The number of aryl methyl sites for hydroxylation is 2. The first-order valence-corrected chi connectivity index (χ1v) is 8.93. The maximum atomic E-state index is 12.3. The summed E-state index contributed by atoms with van der Waals surface area (Å²) in [6.45, 7) is 3.92. The number of hydrogen-bond acceptors (Lipinski definition) is 3. The average molecular weight is 352 g/mol. The molecule has 0 saturated heterocycles. The molecule has 0 fully saturated rings. The van der Waals surface area contributed by atoms with Gasteiger partial charge in [0.2, 0.25) is 5.91 Å². The highest BCUT2D eigenvalue weighted by Crippen LogP contribution is 2.31. The molecular formula is C21H24N2O3. The van der Waals surface area contributed by atoms with E-state index in [0.717, 1.165) is 18.4 Å². The van der Waals surface area contributed by atoms with Crippen molar-refractivity contribution in [1.82, 2.24) is 5.32 Å². The van der Waals surface area contributed by atoms with Gasteiger partial charge in [-0.1, -0.05) is 36.4 Å².